The summed E-state index contributed by atoms with van der Waals surface area (Å²) in [5.41, 5.74) is 0. The molecule has 1 aromatic heterocycles. The molecule has 2 heterocycles. The topological polar surface area (TPSA) is 65.0 Å². The minimum Gasteiger partial charge on any atom is -0.485 e. The molecule has 6 heteroatoms. The maximum absolute atomic E-state index is 10.2. The second kappa shape index (κ2) is 5.18. The Morgan fingerprint density at radius 3 is 3.19 bits per heavy atom. The van der Waals surface area contributed by atoms with Crippen LogP contribution in [0.5, 0.6) is 11.5 Å². The Morgan fingerprint density at radius 2 is 2.38 bits per heavy atom. The molecule has 0 amide bonds. The fourth-order valence-electron chi connectivity index (χ4n) is 1.38. The molecule has 0 spiro atoms. The average molecular weight is 244 g/mol. The molecule has 0 aliphatic carbocycles. The van der Waals surface area contributed by atoms with Crippen molar-refractivity contribution in [3.05, 3.63) is 10.8 Å². The zero-order chi connectivity index (χ0) is 11.4. The van der Waals surface area contributed by atoms with Crippen molar-refractivity contribution in [3.8, 4) is 11.5 Å². The number of hydrogen-bond acceptors (Lipinski definition) is 5. The number of aliphatic carboxylic acids is 1. The van der Waals surface area contributed by atoms with Gasteiger partial charge in [0.2, 0.25) is 0 Å². The Balaban J connectivity index is 1.71. The highest BCUT2D eigenvalue weighted by molar-refractivity contribution is 7.08. The summed E-state index contributed by atoms with van der Waals surface area (Å²) in [6.07, 6.45) is 0.568. The van der Waals surface area contributed by atoms with E-state index in [2.05, 4.69) is 0 Å². The van der Waals surface area contributed by atoms with Gasteiger partial charge in [-0.1, -0.05) is 0 Å². The van der Waals surface area contributed by atoms with E-state index in [0.717, 1.165) is 11.5 Å². The highest BCUT2D eigenvalue weighted by Gasteiger charge is 2.21. The normalized spacial score (nSPS) is 18.4. The fourth-order valence-corrected chi connectivity index (χ4v) is 2.05. The van der Waals surface area contributed by atoms with Gasteiger partial charge < -0.3 is 19.3 Å². The molecule has 16 heavy (non-hydrogen) atoms. The van der Waals surface area contributed by atoms with Gasteiger partial charge in [-0.05, 0) is 0 Å². The molecule has 1 aromatic rings. The van der Waals surface area contributed by atoms with Crippen LogP contribution in [0.15, 0.2) is 10.8 Å². The molecule has 1 aliphatic rings. The molecule has 0 aromatic carbocycles. The smallest absolute Gasteiger partial charge is 0.329 e. The van der Waals surface area contributed by atoms with E-state index in [-0.39, 0.29) is 12.7 Å². The van der Waals surface area contributed by atoms with Crippen molar-refractivity contribution in [2.75, 3.05) is 19.8 Å². The lowest BCUT2D eigenvalue weighted by molar-refractivity contribution is -0.142. The van der Waals surface area contributed by atoms with Gasteiger partial charge in [0.05, 0.1) is 6.61 Å². The molecule has 1 N–H and O–H groups in total. The molecule has 88 valence electrons. The Bertz CT molecular complexity index is 362. The van der Waals surface area contributed by atoms with Crippen molar-refractivity contribution in [3.63, 3.8) is 0 Å². The summed E-state index contributed by atoms with van der Waals surface area (Å²) in [4.78, 5) is 10.2. The molecular weight excluding hydrogens is 232 g/mol. The molecule has 0 saturated carbocycles. The van der Waals surface area contributed by atoms with Crippen molar-refractivity contribution >= 4 is 17.3 Å². The van der Waals surface area contributed by atoms with Crippen LogP contribution in [0.3, 0.4) is 0 Å². The maximum Gasteiger partial charge on any atom is 0.329 e. The first-order valence-corrected chi connectivity index (χ1v) is 5.85. The van der Waals surface area contributed by atoms with Gasteiger partial charge in [-0.2, -0.15) is 0 Å². The summed E-state index contributed by atoms with van der Waals surface area (Å²) in [6.45, 7) is 0.581. The molecule has 0 fully saturated rings. The van der Waals surface area contributed by atoms with Crippen molar-refractivity contribution in [2.24, 2.45) is 0 Å². The largest absolute Gasteiger partial charge is 0.485 e. The summed E-state index contributed by atoms with van der Waals surface area (Å²) >= 11 is 1.53. The van der Waals surface area contributed by atoms with Crippen LogP contribution in [0.1, 0.15) is 6.42 Å². The fraction of sp³-hybridized carbons (Fsp3) is 0.500. The molecular formula is C10H12O5S. The molecule has 1 aliphatic heterocycles. The monoisotopic (exact) mass is 244 g/mol. The average Bonchev–Trinajstić information content (AvgIpc) is 2.71. The standard InChI is InChI=1S/C10H12O5S/c11-10(12)4-13-2-1-7-3-14-8-5-16-6-9(8)15-7/h5-7H,1-4H2,(H,11,12). The van der Waals surface area contributed by atoms with Gasteiger partial charge in [-0.25, -0.2) is 4.79 Å². The number of carboxylic acid groups (broad SMARTS) is 1. The second-order valence-corrected chi connectivity index (χ2v) is 4.13. The summed E-state index contributed by atoms with van der Waals surface area (Å²) in [7, 11) is 0. The molecule has 5 nitrogen and oxygen atoms in total. The summed E-state index contributed by atoms with van der Waals surface area (Å²) < 4.78 is 16.0. The van der Waals surface area contributed by atoms with Crippen molar-refractivity contribution in [1.82, 2.24) is 0 Å². The minimum atomic E-state index is -0.957. The third-order valence-electron chi connectivity index (χ3n) is 2.12. The van der Waals surface area contributed by atoms with E-state index in [1.165, 1.54) is 11.3 Å². The number of carboxylic acids is 1. The molecule has 2 rings (SSSR count). The lowest BCUT2D eigenvalue weighted by Crippen LogP contribution is -2.30. The molecule has 0 bridgehead atoms. The highest BCUT2D eigenvalue weighted by Crippen LogP contribution is 2.35. The van der Waals surface area contributed by atoms with Crippen LogP contribution < -0.4 is 9.47 Å². The first kappa shape index (κ1) is 11.2. The van der Waals surface area contributed by atoms with Crippen LogP contribution in [0.4, 0.5) is 0 Å². The van der Waals surface area contributed by atoms with Gasteiger partial charge in [-0.15, -0.1) is 11.3 Å². The van der Waals surface area contributed by atoms with Crippen LogP contribution in [0.2, 0.25) is 0 Å². The number of rotatable bonds is 5. The van der Waals surface area contributed by atoms with Gasteiger partial charge in [-0.3, -0.25) is 0 Å². The highest BCUT2D eigenvalue weighted by atomic mass is 32.1. The SMILES string of the molecule is O=C(O)COCCC1COc2cscc2O1. The molecule has 1 atom stereocenters. The van der Waals surface area contributed by atoms with Gasteiger partial charge >= 0.3 is 5.97 Å². The molecule has 0 saturated heterocycles. The van der Waals surface area contributed by atoms with E-state index in [9.17, 15) is 4.79 Å². The number of fused-ring (bicyclic) bond motifs is 1. The van der Waals surface area contributed by atoms with Crippen LogP contribution in [0.25, 0.3) is 0 Å². The van der Waals surface area contributed by atoms with E-state index in [4.69, 9.17) is 19.3 Å². The van der Waals surface area contributed by atoms with Gasteiger partial charge in [0.25, 0.3) is 0 Å². The van der Waals surface area contributed by atoms with Gasteiger partial charge in [0, 0.05) is 17.2 Å². The van der Waals surface area contributed by atoms with Crippen molar-refractivity contribution in [2.45, 2.75) is 12.5 Å². The zero-order valence-corrected chi connectivity index (χ0v) is 9.37. The van der Waals surface area contributed by atoms with Crippen LogP contribution in [0, 0.1) is 0 Å². The minimum absolute atomic E-state index is 0.0594. The zero-order valence-electron chi connectivity index (χ0n) is 8.55. The van der Waals surface area contributed by atoms with Crippen molar-refractivity contribution < 1.29 is 24.1 Å². The number of thiophene rings is 1. The van der Waals surface area contributed by atoms with Gasteiger partial charge in [0.15, 0.2) is 11.5 Å². The van der Waals surface area contributed by atoms with E-state index < -0.39 is 5.97 Å². The van der Waals surface area contributed by atoms with Crippen LogP contribution in [-0.4, -0.2) is 37.0 Å². The number of carbonyl (C=O) groups is 1. The maximum atomic E-state index is 10.2. The lowest BCUT2D eigenvalue weighted by Gasteiger charge is -2.24. The molecule has 0 radical (unpaired) electrons. The summed E-state index contributed by atoms with van der Waals surface area (Å²) in [5, 5.41) is 12.2. The van der Waals surface area contributed by atoms with Crippen molar-refractivity contribution in [1.29, 1.82) is 0 Å². The first-order valence-electron chi connectivity index (χ1n) is 4.91. The number of hydrogen-bond donors (Lipinski definition) is 1. The van der Waals surface area contributed by atoms with Crippen LogP contribution >= 0.6 is 11.3 Å². The Labute approximate surface area is 96.6 Å². The third kappa shape index (κ3) is 2.86. The predicted octanol–water partition coefficient (Wildman–Crippen LogP) is 1.38. The number of ether oxygens (including phenoxy) is 3. The Hall–Kier alpha value is -1.27. The van der Waals surface area contributed by atoms with E-state index >= 15 is 0 Å². The first-order chi connectivity index (χ1) is 7.75. The van der Waals surface area contributed by atoms with E-state index in [1.54, 1.807) is 0 Å². The second-order valence-electron chi connectivity index (χ2n) is 3.39. The Kier molecular flexibility index (Phi) is 3.63. The molecule has 1 unspecified atom stereocenters. The summed E-state index contributed by atoms with van der Waals surface area (Å²) in [5.74, 6) is 0.591. The van der Waals surface area contributed by atoms with E-state index in [0.29, 0.717) is 19.6 Å². The van der Waals surface area contributed by atoms with E-state index in [1.807, 2.05) is 10.8 Å². The third-order valence-corrected chi connectivity index (χ3v) is 2.82. The summed E-state index contributed by atoms with van der Waals surface area (Å²) in [6, 6.07) is 0. The Morgan fingerprint density at radius 1 is 1.56 bits per heavy atom. The lowest BCUT2D eigenvalue weighted by atomic mass is 10.2. The van der Waals surface area contributed by atoms with Gasteiger partial charge in [0.1, 0.15) is 19.3 Å². The predicted molar refractivity (Wildman–Crippen MR) is 57.3 cm³/mol. The quantitative estimate of drug-likeness (QED) is 0.793. The van der Waals surface area contributed by atoms with Crippen LogP contribution in [-0.2, 0) is 9.53 Å².